The zero-order chi connectivity index (χ0) is 19.1. The minimum atomic E-state index is -0.545. The van der Waals surface area contributed by atoms with E-state index in [1.165, 1.54) is 16.7 Å². The molecule has 1 heterocycles. The SMILES string of the molecule is Cc1ccc(OCC(O)CN(Cc2ccccc2)CC2CCCO2)cc1C. The van der Waals surface area contributed by atoms with Crippen LogP contribution in [-0.2, 0) is 11.3 Å². The minimum absolute atomic E-state index is 0.265. The molecule has 0 aromatic heterocycles. The molecule has 4 heteroatoms. The van der Waals surface area contributed by atoms with Gasteiger partial charge >= 0.3 is 0 Å². The second-order valence-electron chi connectivity index (χ2n) is 7.53. The van der Waals surface area contributed by atoms with Crippen molar-refractivity contribution in [2.24, 2.45) is 0 Å². The standard InChI is InChI=1S/C23H31NO3/c1-18-10-11-22(13-19(18)2)27-17-21(25)15-24(16-23-9-6-12-26-23)14-20-7-4-3-5-8-20/h3-5,7-8,10-11,13,21,23,25H,6,9,12,14-17H2,1-2H3. The summed E-state index contributed by atoms with van der Waals surface area (Å²) in [5.41, 5.74) is 3.69. The van der Waals surface area contributed by atoms with E-state index in [2.05, 4.69) is 49.1 Å². The molecule has 146 valence electrons. The normalized spacial score (nSPS) is 18.0. The Labute approximate surface area is 162 Å². The fourth-order valence-corrected chi connectivity index (χ4v) is 3.47. The smallest absolute Gasteiger partial charge is 0.119 e. The van der Waals surface area contributed by atoms with E-state index in [0.29, 0.717) is 13.2 Å². The summed E-state index contributed by atoms with van der Waals surface area (Å²) >= 11 is 0. The monoisotopic (exact) mass is 369 g/mol. The van der Waals surface area contributed by atoms with Gasteiger partial charge < -0.3 is 14.6 Å². The Morgan fingerprint density at radius 1 is 1.15 bits per heavy atom. The number of hydrogen-bond donors (Lipinski definition) is 1. The average Bonchev–Trinajstić information content (AvgIpc) is 3.16. The molecule has 0 bridgehead atoms. The number of hydrogen-bond acceptors (Lipinski definition) is 4. The minimum Gasteiger partial charge on any atom is -0.491 e. The summed E-state index contributed by atoms with van der Waals surface area (Å²) in [4.78, 5) is 2.28. The molecule has 0 spiro atoms. The molecule has 0 amide bonds. The van der Waals surface area contributed by atoms with Crippen molar-refractivity contribution in [2.45, 2.75) is 45.4 Å². The van der Waals surface area contributed by atoms with Crippen LogP contribution in [-0.4, -0.2) is 48.5 Å². The van der Waals surface area contributed by atoms with Crippen LogP contribution in [0.4, 0.5) is 0 Å². The highest BCUT2D eigenvalue weighted by atomic mass is 16.5. The quantitative estimate of drug-likeness (QED) is 0.731. The van der Waals surface area contributed by atoms with Crippen LogP contribution < -0.4 is 4.74 Å². The van der Waals surface area contributed by atoms with Gasteiger partial charge in [-0.2, -0.15) is 0 Å². The third kappa shape index (κ3) is 6.35. The third-order valence-electron chi connectivity index (χ3n) is 5.12. The van der Waals surface area contributed by atoms with Crippen LogP contribution in [0.5, 0.6) is 5.75 Å². The van der Waals surface area contributed by atoms with Gasteiger partial charge in [0.2, 0.25) is 0 Å². The molecule has 0 radical (unpaired) electrons. The molecule has 2 atom stereocenters. The lowest BCUT2D eigenvalue weighted by molar-refractivity contribution is 0.0313. The van der Waals surface area contributed by atoms with Crippen molar-refractivity contribution in [1.82, 2.24) is 4.90 Å². The molecule has 1 N–H and O–H groups in total. The van der Waals surface area contributed by atoms with Crippen molar-refractivity contribution in [2.75, 3.05) is 26.3 Å². The number of aryl methyl sites for hydroxylation is 2. The molecule has 2 unspecified atom stereocenters. The van der Waals surface area contributed by atoms with Crippen LogP contribution in [0.25, 0.3) is 0 Å². The Bertz CT molecular complexity index is 698. The van der Waals surface area contributed by atoms with Gasteiger partial charge in [0, 0.05) is 26.2 Å². The number of aliphatic hydroxyl groups is 1. The highest BCUT2D eigenvalue weighted by Gasteiger charge is 2.21. The fraction of sp³-hybridized carbons (Fsp3) is 0.478. The number of aliphatic hydroxyl groups excluding tert-OH is 1. The highest BCUT2D eigenvalue weighted by Crippen LogP contribution is 2.18. The first-order valence-corrected chi connectivity index (χ1v) is 9.86. The second-order valence-corrected chi connectivity index (χ2v) is 7.53. The van der Waals surface area contributed by atoms with E-state index < -0.39 is 6.10 Å². The van der Waals surface area contributed by atoms with E-state index in [4.69, 9.17) is 9.47 Å². The Hall–Kier alpha value is -1.88. The van der Waals surface area contributed by atoms with Crippen LogP contribution >= 0.6 is 0 Å². The van der Waals surface area contributed by atoms with E-state index in [-0.39, 0.29) is 6.10 Å². The number of nitrogens with zero attached hydrogens (tertiary/aromatic N) is 1. The summed E-state index contributed by atoms with van der Waals surface area (Å²) in [7, 11) is 0. The van der Waals surface area contributed by atoms with Crippen LogP contribution in [0.3, 0.4) is 0 Å². The van der Waals surface area contributed by atoms with Crippen LogP contribution in [0.2, 0.25) is 0 Å². The van der Waals surface area contributed by atoms with Gasteiger partial charge in [-0.3, -0.25) is 4.90 Å². The topological polar surface area (TPSA) is 41.9 Å². The Morgan fingerprint density at radius 2 is 1.96 bits per heavy atom. The number of ether oxygens (including phenoxy) is 2. The average molecular weight is 370 g/mol. The first kappa shape index (κ1) is 19.9. The van der Waals surface area contributed by atoms with Gasteiger partial charge in [-0.1, -0.05) is 36.4 Å². The molecule has 2 aromatic rings. The van der Waals surface area contributed by atoms with Crippen molar-refractivity contribution in [3.8, 4) is 5.75 Å². The first-order valence-electron chi connectivity index (χ1n) is 9.86. The van der Waals surface area contributed by atoms with E-state index in [1.807, 2.05) is 18.2 Å². The molecule has 0 aliphatic carbocycles. The highest BCUT2D eigenvalue weighted by molar-refractivity contribution is 5.33. The predicted octanol–water partition coefficient (Wildman–Crippen LogP) is 3.72. The van der Waals surface area contributed by atoms with Crippen molar-refractivity contribution in [3.05, 3.63) is 65.2 Å². The predicted molar refractivity (Wildman–Crippen MR) is 108 cm³/mol. The zero-order valence-corrected chi connectivity index (χ0v) is 16.4. The lowest BCUT2D eigenvalue weighted by Crippen LogP contribution is -2.39. The Balaban J connectivity index is 1.55. The van der Waals surface area contributed by atoms with Gasteiger partial charge in [-0.15, -0.1) is 0 Å². The zero-order valence-electron chi connectivity index (χ0n) is 16.4. The van der Waals surface area contributed by atoms with Gasteiger partial charge in [0.25, 0.3) is 0 Å². The van der Waals surface area contributed by atoms with Crippen molar-refractivity contribution < 1.29 is 14.6 Å². The molecule has 0 saturated carbocycles. The fourth-order valence-electron chi connectivity index (χ4n) is 3.47. The van der Waals surface area contributed by atoms with E-state index in [0.717, 1.165) is 38.3 Å². The van der Waals surface area contributed by atoms with Gasteiger partial charge in [-0.05, 0) is 55.5 Å². The van der Waals surface area contributed by atoms with Gasteiger partial charge in [0.05, 0.1) is 6.10 Å². The summed E-state index contributed by atoms with van der Waals surface area (Å²) in [6, 6.07) is 16.4. The molecule has 2 aromatic carbocycles. The van der Waals surface area contributed by atoms with Crippen LogP contribution in [0.1, 0.15) is 29.5 Å². The maximum atomic E-state index is 10.5. The van der Waals surface area contributed by atoms with E-state index >= 15 is 0 Å². The van der Waals surface area contributed by atoms with Gasteiger partial charge in [-0.25, -0.2) is 0 Å². The maximum absolute atomic E-state index is 10.5. The largest absolute Gasteiger partial charge is 0.491 e. The molecule has 1 aliphatic heterocycles. The van der Waals surface area contributed by atoms with Crippen molar-refractivity contribution in [1.29, 1.82) is 0 Å². The molecular formula is C23H31NO3. The Kier molecular flexibility index (Phi) is 7.27. The second kappa shape index (κ2) is 9.88. The molecule has 1 saturated heterocycles. The van der Waals surface area contributed by atoms with Gasteiger partial charge in [0.1, 0.15) is 18.5 Å². The Morgan fingerprint density at radius 3 is 2.67 bits per heavy atom. The summed E-state index contributed by atoms with van der Waals surface area (Å²) in [5.74, 6) is 0.811. The molecule has 27 heavy (non-hydrogen) atoms. The van der Waals surface area contributed by atoms with Crippen LogP contribution in [0, 0.1) is 13.8 Å². The molecule has 1 fully saturated rings. The summed E-state index contributed by atoms with van der Waals surface area (Å²) in [6.07, 6.45) is 1.95. The first-order chi connectivity index (χ1) is 13.1. The molecular weight excluding hydrogens is 338 g/mol. The summed E-state index contributed by atoms with van der Waals surface area (Å²) in [5, 5.41) is 10.5. The van der Waals surface area contributed by atoms with Gasteiger partial charge in [0.15, 0.2) is 0 Å². The van der Waals surface area contributed by atoms with E-state index in [1.54, 1.807) is 0 Å². The lowest BCUT2D eigenvalue weighted by atomic mass is 10.1. The molecule has 3 rings (SSSR count). The lowest BCUT2D eigenvalue weighted by Gasteiger charge is -2.27. The van der Waals surface area contributed by atoms with Crippen molar-refractivity contribution >= 4 is 0 Å². The summed E-state index contributed by atoms with van der Waals surface area (Å²) in [6.45, 7) is 7.51. The third-order valence-corrected chi connectivity index (χ3v) is 5.12. The molecule has 1 aliphatic rings. The maximum Gasteiger partial charge on any atom is 0.119 e. The van der Waals surface area contributed by atoms with Crippen molar-refractivity contribution in [3.63, 3.8) is 0 Å². The number of rotatable bonds is 9. The van der Waals surface area contributed by atoms with E-state index in [9.17, 15) is 5.11 Å². The molecule has 4 nitrogen and oxygen atoms in total. The number of benzene rings is 2. The summed E-state index contributed by atoms with van der Waals surface area (Å²) < 4.78 is 11.6. The van der Waals surface area contributed by atoms with Crippen LogP contribution in [0.15, 0.2) is 48.5 Å².